The van der Waals surface area contributed by atoms with Crippen LogP contribution in [0.25, 0.3) is 11.3 Å². The number of nitrogens with zero attached hydrogens (tertiary/aromatic N) is 4. The molecule has 26 heavy (non-hydrogen) atoms. The summed E-state index contributed by atoms with van der Waals surface area (Å²) in [4.78, 5) is 23.4. The molecule has 1 amide bonds. The highest BCUT2D eigenvalue weighted by atomic mass is 16.5. The lowest BCUT2D eigenvalue weighted by molar-refractivity contribution is 0.0763. The van der Waals surface area contributed by atoms with Gasteiger partial charge in [0.05, 0.1) is 18.1 Å². The second-order valence-corrected chi connectivity index (χ2v) is 7.27. The van der Waals surface area contributed by atoms with Gasteiger partial charge in [0.1, 0.15) is 6.10 Å². The number of carbonyl (C=O) groups excluding carboxylic acids is 1. The minimum absolute atomic E-state index is 0.0296. The smallest absolute Gasteiger partial charge is 0.291 e. The summed E-state index contributed by atoms with van der Waals surface area (Å²) in [7, 11) is 0. The molecule has 1 fully saturated rings. The largest absolute Gasteiger partial charge is 0.474 e. The van der Waals surface area contributed by atoms with Crippen molar-refractivity contribution in [3.8, 4) is 17.1 Å². The molecule has 2 aromatic rings. The molecule has 1 aliphatic carbocycles. The molecule has 0 bridgehead atoms. The Kier molecular flexibility index (Phi) is 4.66. The van der Waals surface area contributed by atoms with E-state index in [-0.39, 0.29) is 5.91 Å². The molecule has 2 aliphatic rings. The molecule has 6 heteroatoms. The lowest BCUT2D eigenvalue weighted by Gasteiger charge is -2.16. The van der Waals surface area contributed by atoms with E-state index >= 15 is 0 Å². The second kappa shape index (κ2) is 7.09. The van der Waals surface area contributed by atoms with Crippen LogP contribution in [-0.4, -0.2) is 38.0 Å². The van der Waals surface area contributed by atoms with Gasteiger partial charge in [-0.05, 0) is 45.1 Å². The number of amides is 1. The van der Waals surface area contributed by atoms with Gasteiger partial charge in [0, 0.05) is 24.4 Å². The van der Waals surface area contributed by atoms with E-state index in [4.69, 9.17) is 4.74 Å². The van der Waals surface area contributed by atoms with Crippen molar-refractivity contribution in [3.63, 3.8) is 0 Å². The summed E-state index contributed by atoms with van der Waals surface area (Å²) < 4.78 is 7.97. The van der Waals surface area contributed by atoms with E-state index < -0.39 is 0 Å². The molecule has 0 unspecified atom stereocenters. The quantitative estimate of drug-likeness (QED) is 0.792. The van der Waals surface area contributed by atoms with Crippen molar-refractivity contribution in [1.29, 1.82) is 0 Å². The molecule has 6 nitrogen and oxygen atoms in total. The minimum atomic E-state index is 0.0296. The predicted octanol–water partition coefficient (Wildman–Crippen LogP) is 3.79. The van der Waals surface area contributed by atoms with Gasteiger partial charge in [-0.2, -0.15) is 0 Å². The van der Waals surface area contributed by atoms with E-state index in [0.717, 1.165) is 49.2 Å². The average molecular weight is 354 g/mol. The van der Waals surface area contributed by atoms with Crippen LogP contribution < -0.4 is 4.74 Å². The molecule has 0 spiro atoms. The fourth-order valence-electron chi connectivity index (χ4n) is 3.90. The van der Waals surface area contributed by atoms with Crippen molar-refractivity contribution < 1.29 is 9.53 Å². The van der Waals surface area contributed by atoms with E-state index in [1.165, 1.54) is 12.8 Å². The van der Waals surface area contributed by atoms with Gasteiger partial charge in [-0.15, -0.1) is 0 Å². The molecule has 0 saturated heterocycles. The maximum absolute atomic E-state index is 12.6. The van der Waals surface area contributed by atoms with Crippen molar-refractivity contribution in [2.45, 2.75) is 65.1 Å². The number of carbonyl (C=O) groups is 1. The molecule has 1 saturated carbocycles. The second-order valence-electron chi connectivity index (χ2n) is 7.27. The third-order valence-electron chi connectivity index (χ3n) is 5.31. The third kappa shape index (κ3) is 3.08. The summed E-state index contributed by atoms with van der Waals surface area (Å²) in [5.74, 6) is 1.25. The molecule has 0 radical (unpaired) electrons. The number of imidazole rings is 1. The molecule has 4 rings (SSSR count). The molecule has 0 aromatic carbocycles. The standard InChI is InChI=1S/C20H26N4O2/c1-3-4-11-23-13-24-18(14(2)22-19(24)20(23)25)15-9-10-17(21-12-15)26-16-7-5-6-8-16/h9-10,12,16H,3-8,11,13H2,1-2H3. The molecule has 0 N–H and O–H groups in total. The Balaban J connectivity index is 1.55. The number of hydrogen-bond acceptors (Lipinski definition) is 4. The zero-order valence-corrected chi connectivity index (χ0v) is 15.6. The Morgan fingerprint density at radius 3 is 2.77 bits per heavy atom. The highest BCUT2D eigenvalue weighted by Gasteiger charge is 2.32. The van der Waals surface area contributed by atoms with Gasteiger partial charge in [0.15, 0.2) is 0 Å². The normalized spacial score (nSPS) is 17.2. The van der Waals surface area contributed by atoms with Crippen LogP contribution in [0.3, 0.4) is 0 Å². The Bertz CT molecular complexity index is 791. The number of hydrogen-bond donors (Lipinski definition) is 0. The minimum Gasteiger partial charge on any atom is -0.474 e. The van der Waals surface area contributed by atoms with Crippen LogP contribution in [0.5, 0.6) is 5.88 Å². The van der Waals surface area contributed by atoms with Crippen molar-refractivity contribution >= 4 is 5.91 Å². The summed E-state index contributed by atoms with van der Waals surface area (Å²) in [6.07, 6.45) is 8.95. The molecule has 138 valence electrons. The monoisotopic (exact) mass is 354 g/mol. The Hall–Kier alpha value is -2.37. The van der Waals surface area contributed by atoms with Crippen LogP contribution in [0, 0.1) is 6.92 Å². The third-order valence-corrected chi connectivity index (χ3v) is 5.31. The maximum atomic E-state index is 12.6. The van der Waals surface area contributed by atoms with Crippen molar-refractivity contribution in [2.24, 2.45) is 0 Å². The highest BCUT2D eigenvalue weighted by molar-refractivity contribution is 5.93. The van der Waals surface area contributed by atoms with Crippen LogP contribution in [-0.2, 0) is 6.67 Å². The number of aromatic nitrogens is 3. The first-order valence-electron chi connectivity index (χ1n) is 9.67. The van der Waals surface area contributed by atoms with Crippen LogP contribution in [0.15, 0.2) is 18.3 Å². The van der Waals surface area contributed by atoms with Crippen molar-refractivity contribution in [2.75, 3.05) is 6.54 Å². The van der Waals surface area contributed by atoms with Crippen LogP contribution >= 0.6 is 0 Å². The topological polar surface area (TPSA) is 60.3 Å². The Morgan fingerprint density at radius 2 is 2.08 bits per heavy atom. The summed E-state index contributed by atoms with van der Waals surface area (Å²) in [6, 6.07) is 3.95. The van der Waals surface area contributed by atoms with E-state index in [1.807, 2.05) is 34.7 Å². The number of ether oxygens (including phenoxy) is 1. The van der Waals surface area contributed by atoms with Gasteiger partial charge in [-0.3, -0.25) is 4.79 Å². The number of rotatable bonds is 6. The van der Waals surface area contributed by atoms with Gasteiger partial charge in [-0.25, -0.2) is 9.97 Å². The highest BCUT2D eigenvalue weighted by Crippen LogP contribution is 2.30. The fourth-order valence-corrected chi connectivity index (χ4v) is 3.90. The first-order valence-corrected chi connectivity index (χ1v) is 9.67. The molecule has 2 aromatic heterocycles. The summed E-state index contributed by atoms with van der Waals surface area (Å²) in [5.41, 5.74) is 2.83. The summed E-state index contributed by atoms with van der Waals surface area (Å²) in [5, 5.41) is 0. The SMILES string of the molecule is CCCCN1Cn2c(nc(C)c2-c2ccc(OC3CCCC3)nc2)C1=O. The zero-order chi connectivity index (χ0) is 18.1. The predicted molar refractivity (Wildman–Crippen MR) is 99.0 cm³/mol. The van der Waals surface area contributed by atoms with E-state index in [2.05, 4.69) is 16.9 Å². The molecule has 0 atom stereocenters. The number of aryl methyl sites for hydroxylation is 1. The van der Waals surface area contributed by atoms with E-state index in [9.17, 15) is 4.79 Å². The van der Waals surface area contributed by atoms with Gasteiger partial charge in [0.2, 0.25) is 11.7 Å². The van der Waals surface area contributed by atoms with Crippen LogP contribution in [0.2, 0.25) is 0 Å². The lowest BCUT2D eigenvalue weighted by atomic mass is 10.2. The van der Waals surface area contributed by atoms with Gasteiger partial charge in [0.25, 0.3) is 5.91 Å². The Morgan fingerprint density at radius 1 is 1.27 bits per heavy atom. The van der Waals surface area contributed by atoms with Crippen molar-refractivity contribution in [3.05, 3.63) is 29.8 Å². The molecular weight excluding hydrogens is 328 g/mol. The number of pyridine rings is 1. The van der Waals surface area contributed by atoms with Crippen LogP contribution in [0.1, 0.15) is 61.8 Å². The van der Waals surface area contributed by atoms with E-state index in [1.54, 1.807) is 0 Å². The first-order chi connectivity index (χ1) is 12.7. The molecular formula is C20H26N4O2. The lowest BCUT2D eigenvalue weighted by Crippen LogP contribution is -2.26. The fraction of sp³-hybridized carbons (Fsp3) is 0.550. The van der Waals surface area contributed by atoms with Crippen molar-refractivity contribution in [1.82, 2.24) is 19.4 Å². The molecule has 3 heterocycles. The first kappa shape index (κ1) is 17.1. The number of unbranched alkanes of at least 4 members (excludes halogenated alkanes) is 1. The summed E-state index contributed by atoms with van der Waals surface area (Å²) in [6.45, 7) is 5.44. The van der Waals surface area contributed by atoms with Gasteiger partial charge < -0.3 is 14.2 Å². The number of fused-ring (bicyclic) bond motifs is 1. The van der Waals surface area contributed by atoms with Gasteiger partial charge >= 0.3 is 0 Å². The maximum Gasteiger partial charge on any atom is 0.291 e. The van der Waals surface area contributed by atoms with E-state index in [0.29, 0.717) is 24.5 Å². The van der Waals surface area contributed by atoms with Gasteiger partial charge in [-0.1, -0.05) is 13.3 Å². The Labute approximate surface area is 154 Å². The molecule has 1 aliphatic heterocycles. The summed E-state index contributed by atoms with van der Waals surface area (Å²) >= 11 is 0. The van der Waals surface area contributed by atoms with Crippen LogP contribution in [0.4, 0.5) is 0 Å². The average Bonchev–Trinajstić information content (AvgIpc) is 3.33. The zero-order valence-electron chi connectivity index (χ0n) is 15.6.